The molecule has 0 aromatic heterocycles. The van der Waals surface area contributed by atoms with Crippen LogP contribution >= 0.6 is 0 Å². The summed E-state index contributed by atoms with van der Waals surface area (Å²) in [6, 6.07) is 13.4. The van der Waals surface area contributed by atoms with Gasteiger partial charge in [-0.15, -0.1) is 0 Å². The number of aliphatic hydroxyl groups excluding tert-OH is 1. The van der Waals surface area contributed by atoms with E-state index in [1.807, 2.05) is 55.4 Å². The summed E-state index contributed by atoms with van der Waals surface area (Å²) in [7, 11) is -0.0599. The lowest BCUT2D eigenvalue weighted by Gasteiger charge is -2.14. The Morgan fingerprint density at radius 1 is 1.22 bits per heavy atom. The number of hydrogen-bond acceptors (Lipinski definition) is 5. The van der Waals surface area contributed by atoms with Crippen molar-refractivity contribution in [3.63, 3.8) is 0 Å². The first-order valence-electron chi connectivity index (χ1n) is 8.69. The highest BCUT2D eigenvalue weighted by Crippen LogP contribution is 2.27. The molecule has 0 radical (unpaired) electrons. The molecular weight excluding hydrogens is 362 g/mol. The van der Waals surface area contributed by atoms with Gasteiger partial charge in [-0.25, -0.2) is 13.1 Å². The zero-order valence-corrected chi connectivity index (χ0v) is 16.8. The SMILES string of the molecule is CCC(O)CNS(=O)(=O)/C(C#N)=C(\C)c1ccc2cc(N(C)C)ccc2c1. The van der Waals surface area contributed by atoms with Crippen LogP contribution in [0, 0.1) is 11.3 Å². The minimum Gasteiger partial charge on any atom is -0.392 e. The van der Waals surface area contributed by atoms with Gasteiger partial charge in [-0.05, 0) is 53.5 Å². The van der Waals surface area contributed by atoms with Gasteiger partial charge >= 0.3 is 0 Å². The fourth-order valence-electron chi connectivity index (χ4n) is 2.64. The topological polar surface area (TPSA) is 93.4 Å². The summed E-state index contributed by atoms with van der Waals surface area (Å²) in [5.41, 5.74) is 2.11. The number of hydrogen-bond donors (Lipinski definition) is 2. The van der Waals surface area contributed by atoms with E-state index >= 15 is 0 Å². The highest BCUT2D eigenvalue weighted by Gasteiger charge is 2.22. The smallest absolute Gasteiger partial charge is 0.251 e. The monoisotopic (exact) mass is 387 g/mol. The van der Waals surface area contributed by atoms with Gasteiger partial charge in [-0.3, -0.25) is 0 Å². The van der Waals surface area contributed by atoms with Gasteiger partial charge < -0.3 is 10.0 Å². The Bertz CT molecular complexity index is 1000. The van der Waals surface area contributed by atoms with Crippen LogP contribution < -0.4 is 9.62 Å². The van der Waals surface area contributed by atoms with Crippen molar-refractivity contribution in [3.05, 3.63) is 46.9 Å². The van der Waals surface area contributed by atoms with Crippen molar-refractivity contribution < 1.29 is 13.5 Å². The molecule has 0 heterocycles. The van der Waals surface area contributed by atoms with Crippen LogP contribution in [0.4, 0.5) is 5.69 Å². The average molecular weight is 388 g/mol. The quantitative estimate of drug-likeness (QED) is 0.713. The molecule has 1 unspecified atom stereocenters. The third kappa shape index (κ3) is 4.86. The van der Waals surface area contributed by atoms with Gasteiger partial charge in [0.1, 0.15) is 6.07 Å². The average Bonchev–Trinajstić information content (AvgIpc) is 2.65. The Kier molecular flexibility index (Phi) is 6.60. The Morgan fingerprint density at radius 2 is 1.85 bits per heavy atom. The van der Waals surface area contributed by atoms with Gasteiger partial charge in [-0.2, -0.15) is 5.26 Å². The largest absolute Gasteiger partial charge is 0.392 e. The fourth-order valence-corrected chi connectivity index (χ4v) is 3.84. The number of benzene rings is 2. The van der Waals surface area contributed by atoms with Gasteiger partial charge in [0.2, 0.25) is 0 Å². The summed E-state index contributed by atoms with van der Waals surface area (Å²) in [5.74, 6) is 0. The second-order valence-corrected chi connectivity index (χ2v) is 8.32. The molecule has 1 atom stereocenters. The van der Waals surface area contributed by atoms with E-state index < -0.39 is 16.1 Å². The molecule has 144 valence electrons. The second kappa shape index (κ2) is 8.53. The summed E-state index contributed by atoms with van der Waals surface area (Å²) in [6.45, 7) is 3.24. The maximum atomic E-state index is 12.5. The number of allylic oxidation sites excluding steroid dienone is 2. The summed E-state index contributed by atoms with van der Waals surface area (Å²) < 4.78 is 27.2. The molecule has 0 bridgehead atoms. The zero-order valence-electron chi connectivity index (χ0n) is 16.0. The van der Waals surface area contributed by atoms with Gasteiger partial charge in [0.15, 0.2) is 4.91 Å². The minimum atomic E-state index is -3.99. The van der Waals surface area contributed by atoms with Gasteiger partial charge in [-0.1, -0.05) is 25.1 Å². The molecule has 0 saturated carbocycles. The van der Waals surface area contributed by atoms with Crippen molar-refractivity contribution in [2.75, 3.05) is 25.5 Å². The molecule has 0 aliphatic heterocycles. The Balaban J connectivity index is 2.44. The maximum absolute atomic E-state index is 12.5. The number of rotatable bonds is 7. The van der Waals surface area contributed by atoms with Crippen molar-refractivity contribution in [1.82, 2.24) is 4.72 Å². The molecule has 27 heavy (non-hydrogen) atoms. The lowest BCUT2D eigenvalue weighted by Crippen LogP contribution is -2.32. The van der Waals surface area contributed by atoms with Crippen LogP contribution in [0.15, 0.2) is 41.3 Å². The summed E-state index contributed by atoms with van der Waals surface area (Å²) >= 11 is 0. The predicted octanol–water partition coefficient (Wildman–Crippen LogP) is 2.85. The number of nitrogens with one attached hydrogen (secondary N) is 1. The molecule has 0 aliphatic rings. The predicted molar refractivity (Wildman–Crippen MR) is 110 cm³/mol. The maximum Gasteiger partial charge on any atom is 0.251 e. The molecular formula is C20H25N3O3S. The molecule has 2 rings (SSSR count). The lowest BCUT2D eigenvalue weighted by molar-refractivity contribution is 0.174. The molecule has 0 fully saturated rings. The van der Waals surface area contributed by atoms with E-state index in [0.29, 0.717) is 17.6 Å². The summed E-state index contributed by atoms with van der Waals surface area (Å²) in [6.07, 6.45) is -0.362. The van der Waals surface area contributed by atoms with Crippen LogP contribution in [0.25, 0.3) is 16.3 Å². The van der Waals surface area contributed by atoms with E-state index in [1.165, 1.54) is 0 Å². The first-order chi connectivity index (χ1) is 12.7. The number of sulfonamides is 1. The minimum absolute atomic E-state index is 0.123. The van der Waals surface area contributed by atoms with E-state index in [-0.39, 0.29) is 11.4 Å². The Hall–Kier alpha value is -2.40. The van der Waals surface area contributed by atoms with Gasteiger partial charge in [0, 0.05) is 26.3 Å². The van der Waals surface area contributed by atoms with Crippen LogP contribution in [-0.4, -0.2) is 40.3 Å². The van der Waals surface area contributed by atoms with E-state index in [4.69, 9.17) is 0 Å². The number of fused-ring (bicyclic) bond motifs is 1. The van der Waals surface area contributed by atoms with Crippen LogP contribution in [0.2, 0.25) is 0 Å². The van der Waals surface area contributed by atoms with E-state index in [0.717, 1.165) is 16.5 Å². The van der Waals surface area contributed by atoms with Crippen LogP contribution in [0.1, 0.15) is 25.8 Å². The molecule has 0 saturated heterocycles. The van der Waals surface area contributed by atoms with Crippen LogP contribution in [-0.2, 0) is 10.0 Å². The van der Waals surface area contributed by atoms with Gasteiger partial charge in [0.25, 0.3) is 10.0 Å². The lowest BCUT2D eigenvalue weighted by atomic mass is 10.0. The Morgan fingerprint density at radius 3 is 2.44 bits per heavy atom. The van der Waals surface area contributed by atoms with Crippen molar-refractivity contribution in [2.24, 2.45) is 0 Å². The van der Waals surface area contributed by atoms with Crippen LogP contribution in [0.5, 0.6) is 0 Å². The van der Waals surface area contributed by atoms with E-state index in [1.54, 1.807) is 19.9 Å². The number of nitriles is 1. The third-order valence-electron chi connectivity index (χ3n) is 4.46. The number of anilines is 1. The summed E-state index contributed by atoms with van der Waals surface area (Å²) in [5, 5.41) is 21.0. The molecule has 2 aromatic rings. The molecule has 7 heteroatoms. The van der Waals surface area contributed by atoms with Crippen molar-refractivity contribution in [3.8, 4) is 6.07 Å². The Labute approximate surface area is 160 Å². The first kappa shape index (κ1) is 20.9. The normalized spacial score (nSPS) is 13.8. The highest BCUT2D eigenvalue weighted by molar-refractivity contribution is 7.93. The first-order valence-corrected chi connectivity index (χ1v) is 10.2. The van der Waals surface area contributed by atoms with Crippen molar-refractivity contribution >= 4 is 32.1 Å². The molecule has 6 nitrogen and oxygen atoms in total. The molecule has 0 spiro atoms. The molecule has 2 aromatic carbocycles. The zero-order chi connectivity index (χ0) is 20.2. The van der Waals surface area contributed by atoms with Gasteiger partial charge in [0.05, 0.1) is 6.10 Å². The number of aliphatic hydroxyl groups is 1. The summed E-state index contributed by atoms with van der Waals surface area (Å²) in [4.78, 5) is 1.67. The number of nitrogens with zero attached hydrogens (tertiary/aromatic N) is 2. The van der Waals surface area contributed by atoms with Crippen molar-refractivity contribution in [2.45, 2.75) is 26.4 Å². The fraction of sp³-hybridized carbons (Fsp3) is 0.350. The van der Waals surface area contributed by atoms with Crippen molar-refractivity contribution in [1.29, 1.82) is 5.26 Å². The molecule has 2 N–H and O–H groups in total. The standard InChI is InChI=1S/C20H25N3O3S/c1-5-19(24)13-22-27(25,26)20(12-21)14(2)15-6-7-17-11-18(23(3)4)9-8-16(17)10-15/h6-11,19,22,24H,5,13H2,1-4H3/b20-14+. The highest BCUT2D eigenvalue weighted by atomic mass is 32.2. The van der Waals surface area contributed by atoms with Crippen LogP contribution in [0.3, 0.4) is 0 Å². The van der Waals surface area contributed by atoms with E-state index in [9.17, 15) is 18.8 Å². The molecule has 0 amide bonds. The second-order valence-electron chi connectivity index (χ2n) is 6.62. The molecule has 0 aliphatic carbocycles. The van der Waals surface area contributed by atoms with E-state index in [2.05, 4.69) is 4.72 Å². The third-order valence-corrected chi connectivity index (χ3v) is 5.95.